The first kappa shape index (κ1) is 24.7. The van der Waals surface area contributed by atoms with Crippen LogP contribution in [0.4, 0.5) is 18.0 Å². The van der Waals surface area contributed by atoms with E-state index in [1.165, 1.54) is 18.5 Å². The van der Waals surface area contributed by atoms with Gasteiger partial charge in [-0.05, 0) is 73.3 Å². The molecule has 2 spiro atoms. The van der Waals surface area contributed by atoms with E-state index in [9.17, 15) is 26.4 Å². The fraction of sp³-hybridized carbons (Fsp3) is 0.556. The van der Waals surface area contributed by atoms with Crippen LogP contribution in [0.3, 0.4) is 0 Å². The molecule has 10 heteroatoms. The standard InChI is InChI=1S/C27H30F3N3O3S/c1-37(35,36)22-5-2-18(3-6-22)8-19-9-25(10-19)14-32(15-25)24(34)33-16-26(17-33)11-21(12-26)20-4-7-23(31-13-20)27(28,29)30/h2-7,13,19,21H,8-12,14-17H2,1H3. The number of rotatable bonds is 4. The Morgan fingerprint density at radius 3 is 2.00 bits per heavy atom. The SMILES string of the molecule is CS(=O)(=O)c1ccc(CC2CC3(C2)CN(C(=O)N2CC4(CC(c5ccc(C(F)(F)F)nc5)C4)C2)C3)cc1. The summed E-state index contributed by atoms with van der Waals surface area (Å²) in [5.41, 5.74) is 1.49. The minimum atomic E-state index is -4.42. The molecule has 37 heavy (non-hydrogen) atoms. The summed E-state index contributed by atoms with van der Waals surface area (Å²) in [6, 6.07) is 9.84. The lowest BCUT2D eigenvalue weighted by Crippen LogP contribution is -2.70. The van der Waals surface area contributed by atoms with Crippen molar-refractivity contribution < 1.29 is 26.4 Å². The van der Waals surface area contributed by atoms with E-state index in [1.807, 2.05) is 21.9 Å². The summed E-state index contributed by atoms with van der Waals surface area (Å²) in [5, 5.41) is 0. The molecule has 4 fully saturated rings. The Hall–Kier alpha value is -2.62. The van der Waals surface area contributed by atoms with Gasteiger partial charge in [0.1, 0.15) is 5.69 Å². The number of aromatic nitrogens is 1. The quantitative estimate of drug-likeness (QED) is 0.569. The maximum atomic E-state index is 12.9. The first-order valence-electron chi connectivity index (χ1n) is 12.7. The zero-order chi connectivity index (χ0) is 26.2. The Morgan fingerprint density at radius 1 is 0.946 bits per heavy atom. The Labute approximate surface area is 214 Å². The normalized spacial score (nSPS) is 22.8. The molecule has 0 unspecified atom stereocenters. The number of halogens is 3. The number of carbonyl (C=O) groups is 1. The van der Waals surface area contributed by atoms with Crippen molar-refractivity contribution in [3.63, 3.8) is 0 Å². The van der Waals surface area contributed by atoms with E-state index in [1.54, 1.807) is 12.1 Å². The number of likely N-dealkylation sites (tertiary alicyclic amines) is 2. The van der Waals surface area contributed by atoms with Crippen LogP contribution in [-0.2, 0) is 22.4 Å². The Kier molecular flexibility index (Phi) is 5.47. The van der Waals surface area contributed by atoms with E-state index >= 15 is 0 Å². The number of benzene rings is 1. The molecule has 1 aromatic heterocycles. The molecular weight excluding hydrogens is 503 g/mol. The number of alkyl halides is 3. The fourth-order valence-corrected chi connectivity index (χ4v) is 7.70. The third-order valence-electron chi connectivity index (χ3n) is 8.87. The first-order valence-corrected chi connectivity index (χ1v) is 14.6. The molecule has 0 N–H and O–H groups in total. The summed E-state index contributed by atoms with van der Waals surface area (Å²) in [4.78, 5) is 20.7. The lowest BCUT2D eigenvalue weighted by atomic mass is 9.55. The second-order valence-corrected chi connectivity index (χ2v) is 14.0. The number of carbonyl (C=O) groups excluding carboxylic acids is 1. The smallest absolute Gasteiger partial charge is 0.323 e. The van der Waals surface area contributed by atoms with Crippen molar-refractivity contribution in [1.29, 1.82) is 0 Å². The first-order chi connectivity index (χ1) is 17.3. The Bertz CT molecular complexity index is 1300. The zero-order valence-corrected chi connectivity index (χ0v) is 21.5. The highest BCUT2D eigenvalue weighted by molar-refractivity contribution is 7.90. The van der Waals surface area contributed by atoms with E-state index in [2.05, 4.69) is 4.98 Å². The van der Waals surface area contributed by atoms with Gasteiger partial charge < -0.3 is 9.80 Å². The van der Waals surface area contributed by atoms with Crippen LogP contribution in [-0.4, -0.2) is 61.7 Å². The summed E-state index contributed by atoms with van der Waals surface area (Å²) in [6.07, 6.45) is 3.04. The van der Waals surface area contributed by atoms with Gasteiger partial charge in [0.2, 0.25) is 0 Å². The minimum Gasteiger partial charge on any atom is -0.323 e. The molecule has 2 amide bonds. The maximum Gasteiger partial charge on any atom is 0.433 e. The van der Waals surface area contributed by atoms with Gasteiger partial charge in [-0.15, -0.1) is 0 Å². The van der Waals surface area contributed by atoms with Crippen molar-refractivity contribution in [2.24, 2.45) is 16.7 Å². The van der Waals surface area contributed by atoms with Crippen molar-refractivity contribution in [2.75, 3.05) is 32.4 Å². The molecule has 0 bridgehead atoms. The van der Waals surface area contributed by atoms with Gasteiger partial charge in [0.05, 0.1) is 4.90 Å². The monoisotopic (exact) mass is 533 g/mol. The minimum absolute atomic E-state index is 0.107. The third-order valence-corrected chi connectivity index (χ3v) is 10.0. The maximum absolute atomic E-state index is 12.9. The van der Waals surface area contributed by atoms with Crippen molar-refractivity contribution >= 4 is 15.9 Å². The van der Waals surface area contributed by atoms with Gasteiger partial charge in [0.15, 0.2) is 9.84 Å². The highest BCUT2D eigenvalue weighted by Crippen LogP contribution is 2.57. The van der Waals surface area contributed by atoms with Gasteiger partial charge in [-0.1, -0.05) is 18.2 Å². The lowest BCUT2D eigenvalue weighted by molar-refractivity contribution is -0.141. The molecule has 6 rings (SSSR count). The van der Waals surface area contributed by atoms with Crippen LogP contribution >= 0.6 is 0 Å². The topological polar surface area (TPSA) is 70.6 Å². The number of hydrogen-bond acceptors (Lipinski definition) is 4. The molecule has 0 atom stereocenters. The van der Waals surface area contributed by atoms with Gasteiger partial charge in [-0.3, -0.25) is 4.98 Å². The van der Waals surface area contributed by atoms with E-state index in [0.29, 0.717) is 10.8 Å². The molecule has 3 heterocycles. The largest absolute Gasteiger partial charge is 0.433 e. The van der Waals surface area contributed by atoms with Crippen LogP contribution in [0.15, 0.2) is 47.5 Å². The predicted octanol–water partition coefficient (Wildman–Crippen LogP) is 4.76. The molecule has 198 valence electrons. The number of amides is 2. The second-order valence-electron chi connectivity index (χ2n) is 12.0. The van der Waals surface area contributed by atoms with Crippen molar-refractivity contribution in [2.45, 2.75) is 49.1 Å². The van der Waals surface area contributed by atoms with Crippen LogP contribution < -0.4 is 0 Å². The second kappa shape index (κ2) is 8.19. The van der Waals surface area contributed by atoms with Crippen molar-refractivity contribution in [1.82, 2.24) is 14.8 Å². The van der Waals surface area contributed by atoms with Crippen LogP contribution in [0, 0.1) is 16.7 Å². The van der Waals surface area contributed by atoms with Crippen LogP contribution in [0.1, 0.15) is 48.4 Å². The third kappa shape index (κ3) is 4.51. The van der Waals surface area contributed by atoms with E-state index in [4.69, 9.17) is 0 Å². The molecule has 2 saturated heterocycles. The van der Waals surface area contributed by atoms with E-state index in [-0.39, 0.29) is 22.8 Å². The molecule has 2 aromatic rings. The Balaban J connectivity index is 0.923. The van der Waals surface area contributed by atoms with Crippen LogP contribution in [0.2, 0.25) is 0 Å². The van der Waals surface area contributed by atoms with Gasteiger partial charge in [-0.2, -0.15) is 13.2 Å². The summed E-state index contributed by atoms with van der Waals surface area (Å²) in [5.74, 6) is 0.786. The Morgan fingerprint density at radius 2 is 1.51 bits per heavy atom. The lowest BCUT2D eigenvalue weighted by Gasteiger charge is -2.63. The molecule has 2 saturated carbocycles. The van der Waals surface area contributed by atoms with Crippen molar-refractivity contribution in [3.8, 4) is 0 Å². The number of pyridine rings is 1. The highest BCUT2D eigenvalue weighted by atomic mass is 32.2. The average Bonchev–Trinajstić information content (AvgIpc) is 2.71. The molecule has 2 aliphatic carbocycles. The predicted molar refractivity (Wildman–Crippen MR) is 131 cm³/mol. The number of urea groups is 1. The van der Waals surface area contributed by atoms with E-state index in [0.717, 1.165) is 75.5 Å². The summed E-state index contributed by atoms with van der Waals surface area (Å²) >= 11 is 0. The van der Waals surface area contributed by atoms with Crippen LogP contribution in [0.25, 0.3) is 0 Å². The van der Waals surface area contributed by atoms with Gasteiger partial charge >= 0.3 is 12.2 Å². The molecule has 1 aromatic carbocycles. The molecular formula is C27H30F3N3O3S. The molecule has 0 radical (unpaired) electrons. The highest BCUT2D eigenvalue weighted by Gasteiger charge is 2.58. The number of sulfone groups is 1. The summed E-state index contributed by atoms with van der Waals surface area (Å²) in [7, 11) is -3.18. The van der Waals surface area contributed by atoms with Gasteiger partial charge in [0.25, 0.3) is 0 Å². The summed E-state index contributed by atoms with van der Waals surface area (Å²) < 4.78 is 61.4. The number of nitrogens with zero attached hydrogens (tertiary/aromatic N) is 3. The number of hydrogen-bond donors (Lipinski definition) is 0. The molecule has 2 aliphatic heterocycles. The van der Waals surface area contributed by atoms with Crippen LogP contribution in [0.5, 0.6) is 0 Å². The molecule has 6 nitrogen and oxygen atoms in total. The zero-order valence-electron chi connectivity index (χ0n) is 20.7. The average molecular weight is 534 g/mol. The van der Waals surface area contributed by atoms with E-state index < -0.39 is 21.7 Å². The van der Waals surface area contributed by atoms with Crippen molar-refractivity contribution in [3.05, 3.63) is 59.4 Å². The summed E-state index contributed by atoms with van der Waals surface area (Å²) in [6.45, 7) is 3.06. The fourth-order valence-electron chi connectivity index (χ4n) is 7.06. The van der Waals surface area contributed by atoms with Gasteiger partial charge in [0, 0.05) is 49.5 Å². The molecule has 4 aliphatic rings. The van der Waals surface area contributed by atoms with Gasteiger partial charge in [-0.25, -0.2) is 13.2 Å².